The van der Waals surface area contributed by atoms with Gasteiger partial charge in [0.15, 0.2) is 0 Å². The summed E-state index contributed by atoms with van der Waals surface area (Å²) in [4.78, 5) is 0. The van der Waals surface area contributed by atoms with Gasteiger partial charge in [-0.05, 0) is 39.5 Å². The molecule has 0 aliphatic heterocycles. The minimum absolute atomic E-state index is 1.02. The summed E-state index contributed by atoms with van der Waals surface area (Å²) in [5.41, 5.74) is 4.15. The molecule has 0 nitrogen and oxygen atoms in total. The molecule has 0 bridgehead atoms. The minimum atomic E-state index is -2.28. The van der Waals surface area contributed by atoms with Crippen molar-refractivity contribution in [1.29, 1.82) is 0 Å². The number of rotatable bonds is 6. The van der Waals surface area contributed by atoms with Gasteiger partial charge in [0.2, 0.25) is 0 Å². The highest BCUT2D eigenvalue weighted by atomic mass is 28.3. The summed E-state index contributed by atoms with van der Waals surface area (Å²) in [7, 11) is -2.28. The van der Waals surface area contributed by atoms with Crippen molar-refractivity contribution >= 4 is 24.0 Å². The topological polar surface area (TPSA) is 0 Å². The maximum atomic E-state index is 2.36. The van der Waals surface area contributed by atoms with Crippen molar-refractivity contribution in [3.05, 3.63) is 150 Å². The van der Waals surface area contributed by atoms with Crippen LogP contribution in [-0.2, 0) is 6.04 Å². The Morgan fingerprint density at radius 1 is 0.548 bits per heavy atom. The summed E-state index contributed by atoms with van der Waals surface area (Å²) in [6.45, 7) is 0. The Kier molecular flexibility index (Phi) is 5.51. The van der Waals surface area contributed by atoms with E-state index < -0.39 is 8.07 Å². The molecule has 0 radical (unpaired) electrons. The van der Waals surface area contributed by atoms with Crippen molar-refractivity contribution in [3.63, 3.8) is 0 Å². The molecule has 5 rings (SSSR count). The highest BCUT2D eigenvalue weighted by Gasteiger charge is 2.42. The van der Waals surface area contributed by atoms with Gasteiger partial charge in [0.25, 0.3) is 0 Å². The molecule has 31 heavy (non-hydrogen) atoms. The average Bonchev–Trinajstić information content (AvgIpc) is 3.35. The van der Waals surface area contributed by atoms with E-state index in [1.807, 2.05) is 0 Å². The zero-order chi connectivity index (χ0) is 20.9. The molecule has 0 saturated carbocycles. The molecule has 0 atom stereocenters. The first kappa shape index (κ1) is 19.5. The van der Waals surface area contributed by atoms with E-state index in [1.54, 1.807) is 5.20 Å². The fourth-order valence-electron chi connectivity index (χ4n) is 4.97. The van der Waals surface area contributed by atoms with Gasteiger partial charge in [0.05, 0.1) is 0 Å². The first-order chi connectivity index (χ1) is 15.4. The number of benzene rings is 4. The van der Waals surface area contributed by atoms with E-state index in [1.165, 1.54) is 27.1 Å². The lowest BCUT2D eigenvalue weighted by Crippen LogP contribution is -2.62. The molecule has 0 saturated heterocycles. The third-order valence-electron chi connectivity index (χ3n) is 6.38. The molecule has 0 amide bonds. The lowest BCUT2D eigenvalue weighted by molar-refractivity contribution is 1.28. The van der Waals surface area contributed by atoms with Gasteiger partial charge in [-0.1, -0.05) is 139 Å². The summed E-state index contributed by atoms with van der Waals surface area (Å²) >= 11 is 0. The molecule has 0 aromatic heterocycles. The van der Waals surface area contributed by atoms with Crippen LogP contribution in [0.25, 0.3) is 5.57 Å². The first-order valence-electron chi connectivity index (χ1n) is 11.0. The third kappa shape index (κ3) is 3.73. The fraction of sp³-hybridized carbons (Fsp3) is 0.0667. The van der Waals surface area contributed by atoms with E-state index >= 15 is 0 Å². The lowest BCUT2D eigenvalue weighted by atomic mass is 10.1. The van der Waals surface area contributed by atoms with Crippen molar-refractivity contribution < 1.29 is 0 Å². The van der Waals surface area contributed by atoms with Crippen LogP contribution in [0.4, 0.5) is 0 Å². The van der Waals surface area contributed by atoms with Gasteiger partial charge >= 0.3 is 0 Å². The monoisotopic (exact) mass is 414 g/mol. The Morgan fingerprint density at radius 2 is 1.03 bits per heavy atom. The molecule has 1 aliphatic carbocycles. The quantitative estimate of drug-likeness (QED) is 0.340. The second-order valence-electron chi connectivity index (χ2n) is 8.16. The van der Waals surface area contributed by atoms with Gasteiger partial charge in [0, 0.05) is 0 Å². The Hall–Kier alpha value is -3.42. The molecular formula is C30H26Si. The maximum Gasteiger partial charge on any atom is 0.149 e. The van der Waals surface area contributed by atoms with Gasteiger partial charge in [0.1, 0.15) is 8.07 Å². The predicted molar refractivity (Wildman–Crippen MR) is 135 cm³/mol. The van der Waals surface area contributed by atoms with Crippen molar-refractivity contribution in [2.75, 3.05) is 0 Å². The molecule has 0 N–H and O–H groups in total. The largest absolute Gasteiger partial charge is 0.149 e. The molecular weight excluding hydrogens is 388 g/mol. The zero-order valence-corrected chi connectivity index (χ0v) is 18.6. The number of hydrogen-bond acceptors (Lipinski definition) is 0. The first-order valence-corrected chi connectivity index (χ1v) is 13.2. The standard InChI is InChI=1S/C30H26Si/c1-5-14-25(15-6-1)24-31(27-18-9-3-10-19-27,28-20-11-4-12-21-28)30-23-13-22-29(30)26-16-7-2-8-17-26/h1-22H,23-24H2. The van der Waals surface area contributed by atoms with Crippen LogP contribution < -0.4 is 10.4 Å². The molecule has 0 fully saturated rings. The fourth-order valence-corrected chi connectivity index (χ4v) is 10.1. The van der Waals surface area contributed by atoms with Crippen LogP contribution in [-0.4, -0.2) is 8.07 Å². The van der Waals surface area contributed by atoms with Crippen LogP contribution in [0, 0.1) is 0 Å². The Bertz CT molecular complexity index is 1150. The summed E-state index contributed by atoms with van der Waals surface area (Å²) < 4.78 is 0. The van der Waals surface area contributed by atoms with Gasteiger partial charge in [-0.3, -0.25) is 0 Å². The number of allylic oxidation sites excluding steroid dienone is 4. The van der Waals surface area contributed by atoms with E-state index in [4.69, 9.17) is 0 Å². The summed E-state index contributed by atoms with van der Waals surface area (Å²) in [6, 6.07) is 45.5. The molecule has 0 heterocycles. The van der Waals surface area contributed by atoms with Crippen LogP contribution in [0.3, 0.4) is 0 Å². The lowest BCUT2D eigenvalue weighted by Gasteiger charge is -2.36. The van der Waals surface area contributed by atoms with E-state index in [-0.39, 0.29) is 0 Å². The minimum Gasteiger partial charge on any atom is -0.0802 e. The van der Waals surface area contributed by atoms with E-state index in [0.717, 1.165) is 12.5 Å². The highest BCUT2D eigenvalue weighted by molar-refractivity contribution is 7.07. The summed E-state index contributed by atoms with van der Waals surface area (Å²) in [5.74, 6) is 0. The van der Waals surface area contributed by atoms with Crippen LogP contribution in [0.1, 0.15) is 17.5 Å². The number of hydrogen-bond donors (Lipinski definition) is 0. The smallest absolute Gasteiger partial charge is 0.0802 e. The van der Waals surface area contributed by atoms with Gasteiger partial charge in [-0.2, -0.15) is 0 Å². The van der Waals surface area contributed by atoms with Gasteiger partial charge in [-0.15, -0.1) is 0 Å². The molecule has 1 aliphatic rings. The van der Waals surface area contributed by atoms with Crippen LogP contribution >= 0.6 is 0 Å². The molecule has 150 valence electrons. The molecule has 4 aromatic rings. The van der Waals surface area contributed by atoms with E-state index in [0.29, 0.717) is 0 Å². The van der Waals surface area contributed by atoms with Crippen LogP contribution in [0.5, 0.6) is 0 Å². The van der Waals surface area contributed by atoms with Crippen LogP contribution in [0.15, 0.2) is 139 Å². The van der Waals surface area contributed by atoms with E-state index in [2.05, 4.69) is 133 Å². The van der Waals surface area contributed by atoms with Gasteiger partial charge < -0.3 is 0 Å². The molecule has 1 heteroatoms. The van der Waals surface area contributed by atoms with Crippen LogP contribution in [0.2, 0.25) is 0 Å². The average molecular weight is 415 g/mol. The third-order valence-corrected chi connectivity index (χ3v) is 11.5. The highest BCUT2D eigenvalue weighted by Crippen LogP contribution is 2.36. The second kappa shape index (κ2) is 8.75. The molecule has 0 unspecified atom stereocenters. The Labute approximate surface area is 186 Å². The molecule has 4 aromatic carbocycles. The summed E-state index contributed by atoms with van der Waals surface area (Å²) in [6.07, 6.45) is 5.73. The Morgan fingerprint density at radius 3 is 1.58 bits per heavy atom. The summed E-state index contributed by atoms with van der Waals surface area (Å²) in [5, 5.41) is 4.58. The van der Waals surface area contributed by atoms with Gasteiger partial charge in [-0.25, -0.2) is 0 Å². The van der Waals surface area contributed by atoms with Crippen molar-refractivity contribution in [2.45, 2.75) is 12.5 Å². The van der Waals surface area contributed by atoms with Crippen molar-refractivity contribution in [1.82, 2.24) is 0 Å². The maximum absolute atomic E-state index is 2.36. The SMILES string of the molecule is C1=CC(c2ccccc2)=C([Si](Cc2ccccc2)(c2ccccc2)c2ccccc2)C1. The second-order valence-corrected chi connectivity index (χ2v) is 12.1. The predicted octanol–water partition coefficient (Wildman–Crippen LogP) is 5.98. The molecule has 0 spiro atoms. The Balaban J connectivity index is 1.82. The van der Waals surface area contributed by atoms with Crippen molar-refractivity contribution in [2.24, 2.45) is 0 Å². The van der Waals surface area contributed by atoms with E-state index in [9.17, 15) is 0 Å². The van der Waals surface area contributed by atoms with Crippen molar-refractivity contribution in [3.8, 4) is 0 Å². The zero-order valence-electron chi connectivity index (χ0n) is 17.6. The normalized spacial score (nSPS) is 13.5.